The van der Waals surface area contributed by atoms with E-state index < -0.39 is 5.41 Å². The number of imide groups is 1. The fourth-order valence-corrected chi connectivity index (χ4v) is 4.24. The number of anilines is 1. The first kappa shape index (κ1) is 19.0. The minimum absolute atomic E-state index is 0.134. The fourth-order valence-electron chi connectivity index (χ4n) is 3.79. The van der Waals surface area contributed by atoms with Gasteiger partial charge < -0.3 is 9.88 Å². The number of fused-ring (bicyclic) bond motifs is 1. The number of aromatic amines is 1. The second-order valence-electron chi connectivity index (χ2n) is 7.56. The van der Waals surface area contributed by atoms with Crippen LogP contribution >= 0.6 is 15.9 Å². The maximum atomic E-state index is 12.5. The van der Waals surface area contributed by atoms with Crippen LogP contribution in [0.25, 0.3) is 10.9 Å². The third-order valence-electron chi connectivity index (χ3n) is 5.75. The summed E-state index contributed by atoms with van der Waals surface area (Å²) in [6.45, 7) is 9.15. The predicted molar refractivity (Wildman–Crippen MR) is 108 cm³/mol. The third-order valence-corrected chi connectivity index (χ3v) is 6.21. The lowest BCUT2D eigenvalue weighted by atomic mass is 9.71. The molecule has 0 saturated carbocycles. The maximum absolute atomic E-state index is 12.5. The molecule has 1 aromatic carbocycles. The van der Waals surface area contributed by atoms with Gasteiger partial charge in [-0.2, -0.15) is 0 Å². The van der Waals surface area contributed by atoms with Gasteiger partial charge in [-0.3, -0.25) is 14.9 Å². The van der Waals surface area contributed by atoms with E-state index in [1.54, 1.807) is 0 Å². The molecule has 2 aromatic rings. The summed E-state index contributed by atoms with van der Waals surface area (Å²) in [6, 6.07) is 6.48. The molecule has 3 rings (SSSR count). The van der Waals surface area contributed by atoms with E-state index in [0.29, 0.717) is 6.42 Å². The Kier molecular flexibility index (Phi) is 5.15. The summed E-state index contributed by atoms with van der Waals surface area (Å²) < 4.78 is 1.04. The minimum atomic E-state index is -0.528. The van der Waals surface area contributed by atoms with Crippen molar-refractivity contribution in [2.24, 2.45) is 11.3 Å². The number of nitrogens with zero attached hydrogens (tertiary/aromatic N) is 1. The van der Waals surface area contributed by atoms with Gasteiger partial charge >= 0.3 is 0 Å². The summed E-state index contributed by atoms with van der Waals surface area (Å²) in [7, 11) is 0. The van der Waals surface area contributed by atoms with Crippen molar-refractivity contribution in [2.75, 3.05) is 18.0 Å². The predicted octanol–water partition coefficient (Wildman–Crippen LogP) is 4.01. The molecule has 0 radical (unpaired) electrons. The SMILES string of the molecule is CCc1cc2c(N3CCC(C)(C(=O)NC(C)=O)C(C)C3)cc(Br)cc2[nH]1. The lowest BCUT2D eigenvalue weighted by Gasteiger charge is -2.44. The van der Waals surface area contributed by atoms with Gasteiger partial charge in [-0.25, -0.2) is 0 Å². The van der Waals surface area contributed by atoms with Crippen molar-refractivity contribution in [3.05, 3.63) is 28.4 Å². The number of benzene rings is 1. The average Bonchev–Trinajstić information content (AvgIpc) is 2.99. The van der Waals surface area contributed by atoms with Crippen molar-refractivity contribution in [1.29, 1.82) is 0 Å². The highest BCUT2D eigenvalue weighted by Crippen LogP contribution is 2.40. The second kappa shape index (κ2) is 7.06. The Bertz CT molecular complexity index is 860. The highest BCUT2D eigenvalue weighted by atomic mass is 79.9. The topological polar surface area (TPSA) is 65.2 Å². The lowest BCUT2D eigenvalue weighted by molar-refractivity contribution is -0.138. The zero-order valence-electron chi connectivity index (χ0n) is 15.8. The highest BCUT2D eigenvalue weighted by Gasteiger charge is 2.43. The molecular formula is C20H26BrN3O2. The van der Waals surface area contributed by atoms with Crippen molar-refractivity contribution in [3.8, 4) is 0 Å². The molecule has 0 bridgehead atoms. The number of amides is 2. The van der Waals surface area contributed by atoms with Crippen LogP contribution in [0.2, 0.25) is 0 Å². The van der Waals surface area contributed by atoms with E-state index in [4.69, 9.17) is 0 Å². The molecule has 26 heavy (non-hydrogen) atoms. The molecule has 1 aliphatic rings. The zero-order valence-corrected chi connectivity index (χ0v) is 17.4. The van der Waals surface area contributed by atoms with Gasteiger partial charge in [0.1, 0.15) is 0 Å². The summed E-state index contributed by atoms with van der Waals surface area (Å²) in [5.41, 5.74) is 3.00. The average molecular weight is 420 g/mol. The van der Waals surface area contributed by atoms with Crippen LogP contribution in [-0.4, -0.2) is 29.9 Å². The zero-order chi connectivity index (χ0) is 19.1. The van der Waals surface area contributed by atoms with Gasteiger partial charge in [0.25, 0.3) is 0 Å². The first-order valence-electron chi connectivity index (χ1n) is 9.12. The molecule has 0 aliphatic carbocycles. The molecule has 2 atom stereocenters. The summed E-state index contributed by atoms with van der Waals surface area (Å²) >= 11 is 3.62. The Morgan fingerprint density at radius 3 is 2.73 bits per heavy atom. The van der Waals surface area contributed by atoms with Crippen LogP contribution in [0.3, 0.4) is 0 Å². The number of H-pyrrole nitrogens is 1. The molecule has 2 amide bonds. The van der Waals surface area contributed by atoms with Crippen molar-refractivity contribution in [3.63, 3.8) is 0 Å². The lowest BCUT2D eigenvalue weighted by Crippen LogP contribution is -2.53. The number of carbonyl (C=O) groups excluding carboxylic acids is 2. The number of hydrogen-bond donors (Lipinski definition) is 2. The number of rotatable bonds is 3. The van der Waals surface area contributed by atoms with E-state index in [1.165, 1.54) is 23.7 Å². The molecule has 2 unspecified atom stereocenters. The van der Waals surface area contributed by atoms with Gasteiger partial charge in [0, 0.05) is 46.8 Å². The molecule has 0 spiro atoms. The number of aromatic nitrogens is 1. The van der Waals surface area contributed by atoms with Crippen LogP contribution in [0.4, 0.5) is 5.69 Å². The Morgan fingerprint density at radius 1 is 1.38 bits per heavy atom. The Balaban J connectivity index is 1.89. The van der Waals surface area contributed by atoms with Crippen LogP contribution in [-0.2, 0) is 16.0 Å². The standard InChI is InChI=1S/C20H26BrN3O2/c1-5-15-10-16-17(23-15)8-14(21)9-18(16)24-7-6-20(4,12(2)11-24)19(26)22-13(3)25/h8-10,12,23H,5-7,11H2,1-4H3,(H,22,25,26). The number of nitrogens with one attached hydrogen (secondary N) is 2. The highest BCUT2D eigenvalue weighted by molar-refractivity contribution is 9.10. The van der Waals surface area contributed by atoms with Crippen LogP contribution < -0.4 is 10.2 Å². The van der Waals surface area contributed by atoms with E-state index in [2.05, 4.69) is 63.2 Å². The van der Waals surface area contributed by atoms with E-state index >= 15 is 0 Å². The molecule has 5 nitrogen and oxygen atoms in total. The summed E-state index contributed by atoms with van der Waals surface area (Å²) in [5, 5.41) is 3.70. The van der Waals surface area contributed by atoms with E-state index in [9.17, 15) is 9.59 Å². The second-order valence-corrected chi connectivity index (χ2v) is 8.47. The molecule has 2 heterocycles. The van der Waals surface area contributed by atoms with Crippen molar-refractivity contribution < 1.29 is 9.59 Å². The first-order valence-corrected chi connectivity index (χ1v) is 9.92. The summed E-state index contributed by atoms with van der Waals surface area (Å²) in [4.78, 5) is 29.7. The maximum Gasteiger partial charge on any atom is 0.232 e. The molecule has 2 N–H and O–H groups in total. The molecule has 1 aromatic heterocycles. The smallest absolute Gasteiger partial charge is 0.232 e. The third kappa shape index (κ3) is 3.39. The number of carbonyl (C=O) groups is 2. The molecule has 140 valence electrons. The minimum Gasteiger partial charge on any atom is -0.371 e. The van der Waals surface area contributed by atoms with Gasteiger partial charge in [0.05, 0.1) is 5.41 Å². The van der Waals surface area contributed by atoms with Gasteiger partial charge in [-0.05, 0) is 37.0 Å². The normalized spacial score (nSPS) is 23.3. The monoisotopic (exact) mass is 419 g/mol. The van der Waals surface area contributed by atoms with Gasteiger partial charge in [-0.15, -0.1) is 0 Å². The van der Waals surface area contributed by atoms with E-state index in [-0.39, 0.29) is 17.7 Å². The van der Waals surface area contributed by atoms with Gasteiger partial charge in [0.15, 0.2) is 0 Å². The van der Waals surface area contributed by atoms with E-state index in [1.807, 2.05) is 6.92 Å². The Hall–Kier alpha value is -1.82. The molecule has 1 aliphatic heterocycles. The number of hydrogen-bond acceptors (Lipinski definition) is 3. The van der Waals surface area contributed by atoms with Crippen LogP contribution in [0, 0.1) is 11.3 Å². The Labute approximate surface area is 162 Å². The van der Waals surface area contributed by atoms with Gasteiger partial charge in [0.2, 0.25) is 11.8 Å². The molecule has 1 fully saturated rings. The summed E-state index contributed by atoms with van der Waals surface area (Å²) in [5.74, 6) is -0.320. The van der Waals surface area contributed by atoms with Crippen LogP contribution in [0.5, 0.6) is 0 Å². The molecular weight excluding hydrogens is 394 g/mol. The number of piperidine rings is 1. The van der Waals surface area contributed by atoms with Crippen LogP contribution in [0.1, 0.15) is 39.8 Å². The molecule has 1 saturated heterocycles. The number of aryl methyl sites for hydroxylation is 1. The summed E-state index contributed by atoms with van der Waals surface area (Å²) in [6.07, 6.45) is 1.68. The Morgan fingerprint density at radius 2 is 2.12 bits per heavy atom. The van der Waals surface area contributed by atoms with Crippen molar-refractivity contribution in [1.82, 2.24) is 10.3 Å². The quantitative estimate of drug-likeness (QED) is 0.789. The van der Waals surface area contributed by atoms with Crippen molar-refractivity contribution in [2.45, 2.75) is 40.5 Å². The van der Waals surface area contributed by atoms with Crippen molar-refractivity contribution >= 4 is 44.3 Å². The van der Waals surface area contributed by atoms with Gasteiger partial charge in [-0.1, -0.05) is 36.7 Å². The largest absolute Gasteiger partial charge is 0.371 e. The van der Waals surface area contributed by atoms with E-state index in [0.717, 1.165) is 29.5 Å². The number of halogens is 1. The fraction of sp³-hybridized carbons (Fsp3) is 0.500. The first-order chi connectivity index (χ1) is 12.2. The molecule has 6 heteroatoms. The van der Waals surface area contributed by atoms with Crippen LogP contribution in [0.15, 0.2) is 22.7 Å².